The summed E-state index contributed by atoms with van der Waals surface area (Å²) in [7, 11) is 0. The van der Waals surface area contributed by atoms with E-state index in [4.69, 9.17) is 0 Å². The fourth-order valence-electron chi connectivity index (χ4n) is 0.215. The molecular formula is C4H7I4N2Rh. The number of hydrogen-bond acceptors (Lipinski definition) is 1. The molecule has 1 N–H and O–H groups in total. The van der Waals surface area contributed by atoms with E-state index in [9.17, 15) is 0 Å². The van der Waals surface area contributed by atoms with E-state index in [2.05, 4.69) is 32.6 Å². The molecule has 0 atom stereocenters. The topological polar surface area (TPSA) is 28.7 Å². The van der Waals surface area contributed by atoms with Gasteiger partial charge in [0.2, 0.25) is 0 Å². The van der Waals surface area contributed by atoms with Gasteiger partial charge in [-0.3, -0.25) is 0 Å². The third kappa shape index (κ3) is 24.5. The van der Waals surface area contributed by atoms with Gasteiger partial charge in [-0.2, -0.15) is 0 Å². The van der Waals surface area contributed by atoms with Crippen molar-refractivity contribution in [1.82, 2.24) is 9.97 Å². The van der Waals surface area contributed by atoms with E-state index in [-0.39, 0.29) is 91.4 Å². The molecule has 70 valence electrons. The molecule has 0 radical (unpaired) electrons. The summed E-state index contributed by atoms with van der Waals surface area (Å²) in [4.78, 5) is 8.39. The Kier molecular flexibility index (Phi) is 77.8. The van der Waals surface area contributed by atoms with Gasteiger partial charge in [0, 0.05) is 12.4 Å². The summed E-state index contributed by atoms with van der Waals surface area (Å²) < 4.78 is 0. The molecule has 0 fully saturated rings. The molecule has 0 aliphatic rings. The van der Waals surface area contributed by atoms with Gasteiger partial charge in [-0.25, -0.2) is 4.98 Å². The minimum absolute atomic E-state index is 0. The quantitative estimate of drug-likeness (QED) is 0.164. The number of nitrogens with zero attached hydrogens (tertiary/aromatic N) is 1. The van der Waals surface area contributed by atoms with Gasteiger partial charge >= 0.3 is 19.5 Å². The van der Waals surface area contributed by atoms with E-state index in [1.165, 1.54) is 0 Å². The van der Waals surface area contributed by atoms with Crippen molar-refractivity contribution in [1.29, 1.82) is 0 Å². The molecule has 0 aromatic carbocycles. The van der Waals surface area contributed by atoms with Gasteiger partial charge in [0.1, 0.15) is 0 Å². The van der Waals surface area contributed by atoms with Crippen LogP contribution in [0.25, 0.3) is 0 Å². The SMILES string of the molecule is CI.[I-].[I-].[I-].[Rh+3].c1c[nH]cn1. The van der Waals surface area contributed by atoms with Crippen LogP contribution in [0.3, 0.4) is 0 Å². The van der Waals surface area contributed by atoms with Crippen molar-refractivity contribution in [2.75, 3.05) is 4.93 Å². The van der Waals surface area contributed by atoms with Crippen LogP contribution >= 0.6 is 22.6 Å². The van der Waals surface area contributed by atoms with E-state index in [0.717, 1.165) is 0 Å². The van der Waals surface area contributed by atoms with Crippen LogP contribution in [-0.2, 0) is 19.5 Å². The molecule has 0 aliphatic heterocycles. The number of aromatic nitrogens is 2. The standard InChI is InChI=1S/C3H4N2.CH3I.3HI.Rh/c1-2-5-3-4-1;1-2;;;;/h1-3H,(H,4,5);1H3;3*1H;/q;;;;;+3/p-3. The first kappa shape index (κ1) is 29.2. The Balaban J connectivity index is -0.0000000189. The third-order valence-electron chi connectivity index (χ3n) is 0.406. The minimum Gasteiger partial charge on any atom is -1.00 e. The van der Waals surface area contributed by atoms with Gasteiger partial charge in [-0.05, 0) is 4.93 Å². The zero-order chi connectivity index (χ0) is 5.54. The molecule has 0 saturated heterocycles. The Morgan fingerprint density at radius 1 is 1.18 bits per heavy atom. The van der Waals surface area contributed by atoms with Crippen molar-refractivity contribution in [2.24, 2.45) is 0 Å². The van der Waals surface area contributed by atoms with Crippen LogP contribution in [-0.4, -0.2) is 14.9 Å². The van der Waals surface area contributed by atoms with Crippen LogP contribution in [0.15, 0.2) is 18.7 Å². The Bertz CT molecular complexity index is 76.6. The summed E-state index contributed by atoms with van der Waals surface area (Å²) in [5, 5.41) is 0. The van der Waals surface area contributed by atoms with Gasteiger partial charge < -0.3 is 76.9 Å². The van der Waals surface area contributed by atoms with Gasteiger partial charge in [0.25, 0.3) is 0 Å². The number of hydrogen-bond donors (Lipinski definition) is 1. The second kappa shape index (κ2) is 29.3. The number of aromatic amines is 1. The van der Waals surface area contributed by atoms with Crippen molar-refractivity contribution in [2.45, 2.75) is 0 Å². The molecule has 7 heteroatoms. The second-order valence-electron chi connectivity index (χ2n) is 0.761. The van der Waals surface area contributed by atoms with Crippen molar-refractivity contribution in [3.05, 3.63) is 18.7 Å². The maximum Gasteiger partial charge on any atom is 3.00 e. The monoisotopic (exact) mass is 694 g/mol. The fraction of sp³-hybridized carbons (Fsp3) is 0.250. The van der Waals surface area contributed by atoms with E-state index in [1.807, 2.05) is 4.93 Å². The molecule has 1 aromatic rings. The summed E-state index contributed by atoms with van der Waals surface area (Å²) >= 11 is 2.15. The van der Waals surface area contributed by atoms with Crippen molar-refractivity contribution >= 4 is 22.6 Å². The molecule has 0 spiro atoms. The molecule has 11 heavy (non-hydrogen) atoms. The number of rotatable bonds is 0. The maximum atomic E-state index is 3.67. The normalized spacial score (nSPS) is 4.18. The Morgan fingerprint density at radius 2 is 1.64 bits per heavy atom. The number of imidazole rings is 1. The van der Waals surface area contributed by atoms with Crippen LogP contribution in [0.1, 0.15) is 0 Å². The molecule has 1 rings (SSSR count). The predicted octanol–water partition coefficient (Wildman–Crippen LogP) is -7.53. The summed E-state index contributed by atoms with van der Waals surface area (Å²) in [6.07, 6.45) is 5.08. The number of H-pyrrole nitrogens is 1. The van der Waals surface area contributed by atoms with Crippen molar-refractivity contribution in [3.8, 4) is 0 Å². The van der Waals surface area contributed by atoms with Crippen LogP contribution in [0.5, 0.6) is 0 Å². The maximum absolute atomic E-state index is 3.67. The number of halogens is 4. The third-order valence-corrected chi connectivity index (χ3v) is 0.406. The summed E-state index contributed by atoms with van der Waals surface area (Å²) in [6, 6.07) is 0. The van der Waals surface area contributed by atoms with Gasteiger partial charge in [-0.15, -0.1) is 0 Å². The predicted molar refractivity (Wildman–Crippen MR) is 38.5 cm³/mol. The van der Waals surface area contributed by atoms with Gasteiger partial charge in [0.15, 0.2) is 0 Å². The first-order valence-corrected chi connectivity index (χ1v) is 3.96. The zero-order valence-electron chi connectivity index (χ0n) is 5.52. The smallest absolute Gasteiger partial charge is 1.00 e. The first-order valence-electron chi connectivity index (χ1n) is 1.81. The zero-order valence-corrected chi connectivity index (χ0v) is 15.8. The van der Waals surface area contributed by atoms with E-state index in [0.29, 0.717) is 0 Å². The largest absolute Gasteiger partial charge is 3.00 e. The molecule has 1 aromatic heterocycles. The molecule has 0 unspecified atom stereocenters. The fourth-order valence-corrected chi connectivity index (χ4v) is 0.215. The molecule has 1 heterocycles. The van der Waals surface area contributed by atoms with Crippen molar-refractivity contribution in [3.63, 3.8) is 0 Å². The Labute approximate surface area is 145 Å². The van der Waals surface area contributed by atoms with Gasteiger partial charge in [-0.1, -0.05) is 22.6 Å². The molecule has 0 aliphatic carbocycles. The Hall–Kier alpha value is 2.75. The molecule has 0 amide bonds. The van der Waals surface area contributed by atoms with Crippen molar-refractivity contribution < 1.29 is 91.4 Å². The molecular weight excluding hydrogens is 687 g/mol. The van der Waals surface area contributed by atoms with E-state index < -0.39 is 0 Å². The summed E-state index contributed by atoms with van der Waals surface area (Å²) in [5.41, 5.74) is 0. The van der Waals surface area contributed by atoms with Crippen LogP contribution in [0.4, 0.5) is 0 Å². The van der Waals surface area contributed by atoms with Crippen LogP contribution in [0, 0.1) is 0 Å². The van der Waals surface area contributed by atoms with E-state index >= 15 is 0 Å². The summed E-state index contributed by atoms with van der Waals surface area (Å²) in [5.74, 6) is 0. The summed E-state index contributed by atoms with van der Waals surface area (Å²) in [6.45, 7) is 0. The second-order valence-corrected chi connectivity index (χ2v) is 0.761. The molecule has 0 bridgehead atoms. The first-order chi connectivity index (χ1) is 3.50. The Morgan fingerprint density at radius 3 is 1.73 bits per heavy atom. The average molecular weight is 694 g/mol. The van der Waals surface area contributed by atoms with E-state index in [1.54, 1.807) is 18.7 Å². The van der Waals surface area contributed by atoms with Crippen LogP contribution < -0.4 is 71.9 Å². The molecule has 2 nitrogen and oxygen atoms in total. The van der Waals surface area contributed by atoms with Gasteiger partial charge in [0.05, 0.1) is 6.33 Å². The minimum atomic E-state index is 0. The number of nitrogens with one attached hydrogen (secondary N) is 1. The average Bonchev–Trinajstić information content (AvgIpc) is 2.23. The molecule has 0 saturated carbocycles. The number of alkyl halides is 1. The van der Waals surface area contributed by atoms with Crippen LogP contribution in [0.2, 0.25) is 0 Å².